The van der Waals surface area contributed by atoms with Gasteiger partial charge in [-0.15, -0.1) is 0 Å². The minimum Gasteiger partial charge on any atom is -0.308 e. The van der Waals surface area contributed by atoms with E-state index < -0.39 is 0 Å². The summed E-state index contributed by atoms with van der Waals surface area (Å²) >= 11 is 1.01. The summed E-state index contributed by atoms with van der Waals surface area (Å²) < 4.78 is 5.00. The lowest BCUT2D eigenvalue weighted by Crippen LogP contribution is -1.93. The molecule has 0 rings (SSSR count). The lowest BCUT2D eigenvalue weighted by molar-refractivity contribution is -0.111. The second-order valence-corrected chi connectivity index (χ2v) is 5.30. The van der Waals surface area contributed by atoms with E-state index >= 15 is 0 Å². The van der Waals surface area contributed by atoms with E-state index in [9.17, 15) is 4.79 Å². The predicted octanol–water partition coefficient (Wildman–Crippen LogP) is 5.12. The summed E-state index contributed by atoms with van der Waals surface area (Å²) in [4.78, 5) is 11.2. The Bertz CT molecular complexity index is 172. The van der Waals surface area contributed by atoms with Crippen LogP contribution in [0.1, 0.15) is 78.1 Å². The molecule has 0 radical (unpaired) electrons. The highest BCUT2D eigenvalue weighted by Crippen LogP contribution is 2.13. The van der Waals surface area contributed by atoms with Crippen LogP contribution in [0.15, 0.2) is 0 Å². The summed E-state index contributed by atoms with van der Waals surface area (Å²) in [5, 5.41) is 0.176. The minimum absolute atomic E-state index is 0.176. The molecule has 0 spiro atoms. The highest BCUT2D eigenvalue weighted by molar-refractivity contribution is 8.09. The highest BCUT2D eigenvalue weighted by Gasteiger charge is 2.02. The zero-order valence-electron chi connectivity index (χ0n) is 11.5. The molecule has 0 N–H and O–H groups in total. The average Bonchev–Trinajstić information content (AvgIpc) is 2.34. The van der Waals surface area contributed by atoms with Crippen molar-refractivity contribution in [3.05, 3.63) is 0 Å². The zero-order chi connectivity index (χ0) is 12.8. The number of rotatable bonds is 12. The Kier molecular flexibility index (Phi) is 14.0. The van der Waals surface area contributed by atoms with Gasteiger partial charge < -0.3 is 4.18 Å². The van der Waals surface area contributed by atoms with Crippen LogP contribution in [0, 0.1) is 0 Å². The van der Waals surface area contributed by atoms with Crippen LogP contribution in [0.4, 0.5) is 0 Å². The van der Waals surface area contributed by atoms with Crippen LogP contribution in [0.25, 0.3) is 0 Å². The summed E-state index contributed by atoms with van der Waals surface area (Å²) in [5.41, 5.74) is 0. The third-order valence-corrected chi connectivity index (χ3v) is 3.50. The first kappa shape index (κ1) is 17.0. The van der Waals surface area contributed by atoms with Gasteiger partial charge in [0.2, 0.25) is 5.12 Å². The molecule has 0 aliphatic carbocycles. The Balaban J connectivity index is 3.05. The lowest BCUT2D eigenvalue weighted by Gasteiger charge is -2.01. The molecule has 2 nitrogen and oxygen atoms in total. The molecule has 0 aromatic rings. The van der Waals surface area contributed by atoms with Crippen LogP contribution >= 0.6 is 12.0 Å². The molecule has 0 heterocycles. The fraction of sp³-hybridized carbons (Fsp3) is 0.929. The van der Waals surface area contributed by atoms with Crippen molar-refractivity contribution in [3.63, 3.8) is 0 Å². The SMILES string of the molecule is CCCCCCCCCCCC(=O)SOCC. The second-order valence-electron chi connectivity index (χ2n) is 4.44. The predicted molar refractivity (Wildman–Crippen MR) is 76.1 cm³/mol. The first-order valence-corrected chi connectivity index (χ1v) is 7.87. The fourth-order valence-corrected chi connectivity index (χ4v) is 2.22. The van der Waals surface area contributed by atoms with Crippen molar-refractivity contribution in [2.75, 3.05) is 6.61 Å². The molecule has 0 bridgehead atoms. The van der Waals surface area contributed by atoms with E-state index in [1.54, 1.807) is 0 Å². The van der Waals surface area contributed by atoms with Crippen molar-refractivity contribution < 1.29 is 8.98 Å². The van der Waals surface area contributed by atoms with Crippen LogP contribution in [0.2, 0.25) is 0 Å². The molecular weight excluding hydrogens is 232 g/mol. The van der Waals surface area contributed by atoms with Gasteiger partial charge in [-0.25, -0.2) is 0 Å². The van der Waals surface area contributed by atoms with E-state index in [1.807, 2.05) is 6.92 Å². The number of carbonyl (C=O) groups is 1. The van der Waals surface area contributed by atoms with Crippen molar-refractivity contribution in [1.29, 1.82) is 0 Å². The number of hydrogen-bond acceptors (Lipinski definition) is 3. The van der Waals surface area contributed by atoms with Crippen molar-refractivity contribution in [3.8, 4) is 0 Å². The van der Waals surface area contributed by atoms with E-state index in [0.717, 1.165) is 18.5 Å². The zero-order valence-corrected chi connectivity index (χ0v) is 12.3. The molecule has 0 atom stereocenters. The van der Waals surface area contributed by atoms with Crippen LogP contribution in [-0.2, 0) is 8.98 Å². The molecule has 102 valence electrons. The Morgan fingerprint density at radius 2 is 1.41 bits per heavy atom. The summed E-state index contributed by atoms with van der Waals surface area (Å²) in [5.74, 6) is 0. The molecule has 0 aromatic heterocycles. The third kappa shape index (κ3) is 13.9. The third-order valence-electron chi connectivity index (χ3n) is 2.75. The maximum atomic E-state index is 11.2. The maximum absolute atomic E-state index is 11.2. The van der Waals surface area contributed by atoms with Gasteiger partial charge in [0, 0.05) is 6.42 Å². The van der Waals surface area contributed by atoms with Crippen molar-refractivity contribution >= 4 is 17.2 Å². The van der Waals surface area contributed by atoms with Crippen LogP contribution < -0.4 is 0 Å². The first-order valence-electron chi connectivity index (χ1n) is 7.13. The van der Waals surface area contributed by atoms with E-state index in [4.69, 9.17) is 4.18 Å². The van der Waals surface area contributed by atoms with Crippen molar-refractivity contribution in [1.82, 2.24) is 0 Å². The van der Waals surface area contributed by atoms with Crippen LogP contribution in [-0.4, -0.2) is 11.7 Å². The molecule has 3 heteroatoms. The topological polar surface area (TPSA) is 26.3 Å². The van der Waals surface area contributed by atoms with Gasteiger partial charge in [-0.05, 0) is 13.3 Å². The Labute approximate surface area is 111 Å². The van der Waals surface area contributed by atoms with Gasteiger partial charge in [0.25, 0.3) is 0 Å². The monoisotopic (exact) mass is 260 g/mol. The molecule has 0 saturated carbocycles. The van der Waals surface area contributed by atoms with Crippen molar-refractivity contribution in [2.45, 2.75) is 78.1 Å². The Morgan fingerprint density at radius 3 is 1.94 bits per heavy atom. The molecule has 0 aliphatic heterocycles. The summed E-state index contributed by atoms with van der Waals surface area (Å²) in [7, 11) is 0. The molecular formula is C14H28O2S. The highest BCUT2D eigenvalue weighted by atomic mass is 32.2. The molecule has 0 aliphatic rings. The normalized spacial score (nSPS) is 10.7. The molecule has 0 fully saturated rings. The molecule has 0 amide bonds. The number of hydrogen-bond donors (Lipinski definition) is 0. The molecule has 0 unspecified atom stereocenters. The van der Waals surface area contributed by atoms with Crippen LogP contribution in [0.5, 0.6) is 0 Å². The van der Waals surface area contributed by atoms with Crippen LogP contribution in [0.3, 0.4) is 0 Å². The Morgan fingerprint density at radius 1 is 0.882 bits per heavy atom. The van der Waals surface area contributed by atoms with Gasteiger partial charge in [0.1, 0.15) is 0 Å². The lowest BCUT2D eigenvalue weighted by atomic mass is 10.1. The second kappa shape index (κ2) is 14.0. The average molecular weight is 260 g/mol. The number of unbranched alkanes of at least 4 members (excludes halogenated alkanes) is 8. The minimum atomic E-state index is 0.176. The van der Waals surface area contributed by atoms with Gasteiger partial charge in [-0.2, -0.15) is 0 Å². The van der Waals surface area contributed by atoms with Gasteiger partial charge >= 0.3 is 0 Å². The smallest absolute Gasteiger partial charge is 0.215 e. The summed E-state index contributed by atoms with van der Waals surface area (Å²) in [6.45, 7) is 4.75. The molecule has 17 heavy (non-hydrogen) atoms. The largest absolute Gasteiger partial charge is 0.308 e. The van der Waals surface area contributed by atoms with Gasteiger partial charge in [-0.3, -0.25) is 4.79 Å². The van der Waals surface area contributed by atoms with E-state index in [2.05, 4.69) is 6.92 Å². The Hall–Kier alpha value is -0.0200. The first-order chi connectivity index (χ1) is 8.31. The molecule has 0 aromatic carbocycles. The van der Waals surface area contributed by atoms with Crippen molar-refractivity contribution in [2.24, 2.45) is 0 Å². The van der Waals surface area contributed by atoms with E-state index in [1.165, 1.54) is 51.4 Å². The van der Waals surface area contributed by atoms with Gasteiger partial charge in [0.05, 0.1) is 18.6 Å². The van der Waals surface area contributed by atoms with Gasteiger partial charge in [-0.1, -0.05) is 58.3 Å². The number of carbonyl (C=O) groups excluding carboxylic acids is 1. The van der Waals surface area contributed by atoms with E-state index in [0.29, 0.717) is 13.0 Å². The summed E-state index contributed by atoms with van der Waals surface area (Å²) in [6, 6.07) is 0. The fourth-order valence-electron chi connectivity index (χ4n) is 1.75. The summed E-state index contributed by atoms with van der Waals surface area (Å²) in [6.07, 6.45) is 12.3. The van der Waals surface area contributed by atoms with Gasteiger partial charge in [0.15, 0.2) is 0 Å². The standard InChI is InChI=1S/C14H28O2S/c1-3-5-6-7-8-9-10-11-12-13-14(15)17-16-4-2/h3-13H2,1-2H3. The molecule has 0 saturated heterocycles. The maximum Gasteiger partial charge on any atom is 0.215 e. The van der Waals surface area contributed by atoms with E-state index in [-0.39, 0.29) is 5.12 Å². The quantitative estimate of drug-likeness (QED) is 0.360.